The Morgan fingerprint density at radius 1 is 1.21 bits per heavy atom. The van der Waals surface area contributed by atoms with Crippen LogP contribution in [-0.4, -0.2) is 37.3 Å². The quantitative estimate of drug-likeness (QED) is 0.620. The highest BCUT2D eigenvalue weighted by atomic mass is 32.2. The van der Waals surface area contributed by atoms with Crippen molar-refractivity contribution in [2.45, 2.75) is 52.5 Å². The number of aryl methyl sites for hydroxylation is 3. The number of carbonyl (C=O) groups is 1. The average Bonchev–Trinajstić information content (AvgIpc) is 3.05. The molecule has 1 aromatic heterocycles. The number of benzene rings is 1. The summed E-state index contributed by atoms with van der Waals surface area (Å²) in [5, 5.41) is 0. The summed E-state index contributed by atoms with van der Waals surface area (Å²) < 4.78 is 38.2. The molecule has 0 saturated heterocycles. The van der Waals surface area contributed by atoms with Gasteiger partial charge in [0, 0.05) is 6.54 Å². The van der Waals surface area contributed by atoms with E-state index in [0.717, 1.165) is 5.56 Å². The first-order chi connectivity index (χ1) is 13.1. The van der Waals surface area contributed by atoms with Crippen molar-refractivity contribution >= 4 is 16.0 Å². The van der Waals surface area contributed by atoms with Gasteiger partial charge in [0.15, 0.2) is 5.69 Å². The minimum atomic E-state index is -3.77. The van der Waals surface area contributed by atoms with Crippen LogP contribution >= 0.6 is 0 Å². The Bertz CT molecular complexity index is 924. The third-order valence-corrected chi connectivity index (χ3v) is 6.57. The van der Waals surface area contributed by atoms with Crippen molar-refractivity contribution in [1.82, 2.24) is 9.29 Å². The van der Waals surface area contributed by atoms with Gasteiger partial charge in [-0.2, -0.15) is 4.31 Å². The molecular weight excluding hydrogens is 380 g/mol. The van der Waals surface area contributed by atoms with E-state index in [2.05, 4.69) is 9.72 Å². The number of sulfonamides is 1. The van der Waals surface area contributed by atoms with E-state index in [1.165, 1.54) is 17.7 Å². The van der Waals surface area contributed by atoms with E-state index < -0.39 is 16.0 Å². The minimum absolute atomic E-state index is 0.0152. The molecule has 0 radical (unpaired) electrons. The average molecular weight is 409 g/mol. The van der Waals surface area contributed by atoms with Crippen molar-refractivity contribution in [3.05, 3.63) is 46.7 Å². The Morgan fingerprint density at radius 3 is 2.36 bits per heavy atom. The summed E-state index contributed by atoms with van der Waals surface area (Å²) in [6, 6.07) is 3.72. The van der Waals surface area contributed by atoms with Gasteiger partial charge in [-0.3, -0.25) is 0 Å². The van der Waals surface area contributed by atoms with E-state index in [-0.39, 0.29) is 18.1 Å². The van der Waals surface area contributed by atoms with Gasteiger partial charge >= 0.3 is 5.97 Å². The first-order valence-corrected chi connectivity index (χ1v) is 10.6. The van der Waals surface area contributed by atoms with Crippen LogP contribution in [0, 0.1) is 26.7 Å². The number of methoxy groups -OCH3 is 1. The fourth-order valence-corrected chi connectivity index (χ4v) is 4.94. The van der Waals surface area contributed by atoms with E-state index in [1.807, 2.05) is 32.9 Å². The Balaban J connectivity index is 2.42. The Morgan fingerprint density at radius 2 is 1.82 bits per heavy atom. The molecule has 0 fully saturated rings. The maximum Gasteiger partial charge on any atom is 0.360 e. The first kappa shape index (κ1) is 22.1. The van der Waals surface area contributed by atoms with Crippen LogP contribution in [0.15, 0.2) is 27.7 Å². The first-order valence-electron chi connectivity index (χ1n) is 9.17. The summed E-state index contributed by atoms with van der Waals surface area (Å²) in [5.41, 5.74) is 2.43. The number of ether oxygens (including phenoxy) is 1. The summed E-state index contributed by atoms with van der Waals surface area (Å²) >= 11 is 0. The van der Waals surface area contributed by atoms with Gasteiger partial charge in [0.05, 0.1) is 18.6 Å². The van der Waals surface area contributed by atoms with Crippen molar-refractivity contribution < 1.29 is 22.4 Å². The second-order valence-electron chi connectivity index (χ2n) is 7.37. The molecule has 2 rings (SSSR count). The highest BCUT2D eigenvalue weighted by Crippen LogP contribution is 2.27. The summed E-state index contributed by atoms with van der Waals surface area (Å²) in [6.07, 6.45) is 1.87. The van der Waals surface area contributed by atoms with Gasteiger partial charge < -0.3 is 9.15 Å². The lowest BCUT2D eigenvalue weighted by molar-refractivity contribution is 0.0594. The molecule has 0 saturated carbocycles. The molecule has 0 atom stereocenters. The summed E-state index contributed by atoms with van der Waals surface area (Å²) in [4.78, 5) is 16.0. The highest BCUT2D eigenvalue weighted by Gasteiger charge is 2.29. The molecule has 0 aliphatic heterocycles. The van der Waals surface area contributed by atoms with Crippen LogP contribution < -0.4 is 0 Å². The zero-order chi connectivity index (χ0) is 21.1. The topological polar surface area (TPSA) is 89.7 Å². The van der Waals surface area contributed by atoms with E-state index in [4.69, 9.17) is 4.42 Å². The van der Waals surface area contributed by atoms with Gasteiger partial charge in [-0.15, -0.1) is 0 Å². The third kappa shape index (κ3) is 4.99. The maximum absolute atomic E-state index is 13.5. The van der Waals surface area contributed by atoms with Crippen molar-refractivity contribution in [2.24, 2.45) is 5.92 Å². The molecule has 2 aromatic rings. The van der Waals surface area contributed by atoms with Gasteiger partial charge in [0.2, 0.25) is 15.9 Å². The zero-order valence-corrected chi connectivity index (χ0v) is 18.1. The second kappa shape index (κ2) is 8.87. The van der Waals surface area contributed by atoms with Crippen LogP contribution in [0.3, 0.4) is 0 Å². The third-order valence-electron chi connectivity index (χ3n) is 4.42. The number of hydrogen-bond donors (Lipinski definition) is 0. The monoisotopic (exact) mass is 408 g/mol. The molecule has 1 aromatic carbocycles. The molecule has 0 aliphatic carbocycles. The van der Waals surface area contributed by atoms with Crippen LogP contribution in [0.1, 0.15) is 53.3 Å². The molecule has 28 heavy (non-hydrogen) atoms. The molecule has 0 bridgehead atoms. The smallest absolute Gasteiger partial charge is 0.360 e. The second-order valence-corrected chi connectivity index (χ2v) is 9.24. The van der Waals surface area contributed by atoms with Crippen LogP contribution in [0.5, 0.6) is 0 Å². The molecule has 8 heteroatoms. The normalized spacial score (nSPS) is 12.0. The van der Waals surface area contributed by atoms with E-state index in [0.29, 0.717) is 34.9 Å². The van der Waals surface area contributed by atoms with Crippen molar-refractivity contribution in [3.63, 3.8) is 0 Å². The van der Waals surface area contributed by atoms with Crippen LogP contribution in [0.2, 0.25) is 0 Å². The maximum atomic E-state index is 13.5. The van der Waals surface area contributed by atoms with Crippen LogP contribution in [-0.2, 0) is 21.3 Å². The lowest BCUT2D eigenvalue weighted by Crippen LogP contribution is -2.33. The number of rotatable bonds is 8. The number of nitrogens with zero attached hydrogens (tertiary/aromatic N) is 2. The SMILES string of the molecule is COC(=O)c1coc(CN(CCC(C)C)S(=O)(=O)c2c(C)cc(C)cc2C)n1. The predicted octanol–water partition coefficient (Wildman–Crippen LogP) is 3.62. The number of carbonyl (C=O) groups excluding carboxylic acids is 1. The van der Waals surface area contributed by atoms with Gasteiger partial charge in [-0.25, -0.2) is 18.2 Å². The Hall–Kier alpha value is -2.19. The molecule has 154 valence electrons. The predicted molar refractivity (Wildman–Crippen MR) is 106 cm³/mol. The number of aromatic nitrogens is 1. The molecule has 7 nitrogen and oxygen atoms in total. The Kier molecular flexibility index (Phi) is 7.01. The molecule has 0 amide bonds. The fourth-order valence-electron chi connectivity index (χ4n) is 3.12. The lowest BCUT2D eigenvalue weighted by atomic mass is 10.1. The number of oxazole rings is 1. The molecule has 0 N–H and O–H groups in total. The molecule has 0 spiro atoms. The fraction of sp³-hybridized carbons (Fsp3) is 0.500. The van der Waals surface area contributed by atoms with E-state index in [1.54, 1.807) is 13.8 Å². The van der Waals surface area contributed by atoms with Crippen molar-refractivity contribution in [3.8, 4) is 0 Å². The van der Waals surface area contributed by atoms with Crippen LogP contribution in [0.25, 0.3) is 0 Å². The summed E-state index contributed by atoms with van der Waals surface area (Å²) in [7, 11) is -2.52. The van der Waals surface area contributed by atoms with Gasteiger partial charge in [-0.05, 0) is 44.2 Å². The zero-order valence-electron chi connectivity index (χ0n) is 17.3. The van der Waals surface area contributed by atoms with Gasteiger partial charge in [-0.1, -0.05) is 31.5 Å². The van der Waals surface area contributed by atoms with E-state index in [9.17, 15) is 13.2 Å². The Labute approximate surface area is 166 Å². The lowest BCUT2D eigenvalue weighted by Gasteiger charge is -2.24. The van der Waals surface area contributed by atoms with Crippen molar-refractivity contribution in [2.75, 3.05) is 13.7 Å². The van der Waals surface area contributed by atoms with Gasteiger partial charge in [0.1, 0.15) is 6.26 Å². The summed E-state index contributed by atoms with van der Waals surface area (Å²) in [6.45, 7) is 9.87. The highest BCUT2D eigenvalue weighted by molar-refractivity contribution is 7.89. The molecule has 0 aliphatic rings. The van der Waals surface area contributed by atoms with Crippen LogP contribution in [0.4, 0.5) is 0 Å². The van der Waals surface area contributed by atoms with Crippen molar-refractivity contribution in [1.29, 1.82) is 0 Å². The molecular formula is C20H28N2O5S. The van der Waals surface area contributed by atoms with E-state index >= 15 is 0 Å². The standard InChI is InChI=1S/C20H28N2O5S/c1-13(2)7-8-22(11-18-21-17(12-27-18)20(23)26-6)28(24,25)19-15(4)9-14(3)10-16(19)5/h9-10,12-13H,7-8,11H2,1-6H3. The number of hydrogen-bond acceptors (Lipinski definition) is 6. The number of esters is 1. The minimum Gasteiger partial charge on any atom is -0.464 e. The summed E-state index contributed by atoms with van der Waals surface area (Å²) in [5.74, 6) is -0.153. The van der Waals surface area contributed by atoms with Gasteiger partial charge in [0.25, 0.3) is 0 Å². The largest absolute Gasteiger partial charge is 0.464 e. The molecule has 0 unspecified atom stereocenters. The molecule has 1 heterocycles.